The number of hydrogen-bond donors (Lipinski definition) is 2. The van der Waals surface area contributed by atoms with Crippen LogP contribution in [0.25, 0.3) is 0 Å². The molecule has 0 bridgehead atoms. The average Bonchev–Trinajstić information content (AvgIpc) is 2.40. The number of aryl methyl sites for hydroxylation is 1. The minimum atomic E-state index is -0.842. The lowest BCUT2D eigenvalue weighted by Gasteiger charge is -2.24. The average molecular weight is 255 g/mol. The molecule has 0 unspecified atom stereocenters. The zero-order valence-corrected chi connectivity index (χ0v) is 11.6. The second kappa shape index (κ2) is 6.00. The van der Waals surface area contributed by atoms with Gasteiger partial charge in [0.15, 0.2) is 0 Å². The SMILES string of the molecule is Cc1cccc(CNC[C@](C)(O)c2ccccc2)c1. The van der Waals surface area contributed by atoms with E-state index in [-0.39, 0.29) is 0 Å². The van der Waals surface area contributed by atoms with Gasteiger partial charge in [0.25, 0.3) is 0 Å². The highest BCUT2D eigenvalue weighted by Crippen LogP contribution is 2.19. The van der Waals surface area contributed by atoms with Crippen LogP contribution in [0.4, 0.5) is 0 Å². The van der Waals surface area contributed by atoms with E-state index in [1.165, 1.54) is 11.1 Å². The molecule has 2 rings (SSSR count). The molecule has 0 aliphatic heterocycles. The minimum absolute atomic E-state index is 0.533. The number of aliphatic hydroxyl groups is 1. The van der Waals surface area contributed by atoms with Gasteiger partial charge in [-0.05, 0) is 25.0 Å². The summed E-state index contributed by atoms with van der Waals surface area (Å²) in [5, 5.41) is 13.8. The molecule has 0 aromatic heterocycles. The van der Waals surface area contributed by atoms with Crippen LogP contribution in [0.3, 0.4) is 0 Å². The molecule has 2 aromatic rings. The van der Waals surface area contributed by atoms with E-state index in [0.717, 1.165) is 12.1 Å². The molecule has 2 heteroatoms. The Morgan fingerprint density at radius 2 is 1.79 bits per heavy atom. The first-order valence-electron chi connectivity index (χ1n) is 6.62. The monoisotopic (exact) mass is 255 g/mol. The van der Waals surface area contributed by atoms with E-state index in [1.807, 2.05) is 37.3 Å². The molecule has 0 amide bonds. The first-order chi connectivity index (χ1) is 9.08. The summed E-state index contributed by atoms with van der Waals surface area (Å²) in [5.41, 5.74) is 2.59. The molecule has 100 valence electrons. The highest BCUT2D eigenvalue weighted by atomic mass is 16.3. The fourth-order valence-electron chi connectivity index (χ4n) is 2.17. The molecule has 0 aliphatic carbocycles. The lowest BCUT2D eigenvalue weighted by atomic mass is 9.96. The van der Waals surface area contributed by atoms with E-state index < -0.39 is 5.60 Å². The number of hydrogen-bond acceptors (Lipinski definition) is 2. The normalized spacial score (nSPS) is 14.1. The van der Waals surface area contributed by atoms with Crippen LogP contribution in [-0.4, -0.2) is 11.7 Å². The fraction of sp³-hybridized carbons (Fsp3) is 0.294. The van der Waals surface area contributed by atoms with Crippen molar-refractivity contribution in [1.29, 1.82) is 0 Å². The highest BCUT2D eigenvalue weighted by Gasteiger charge is 2.21. The maximum absolute atomic E-state index is 10.5. The van der Waals surface area contributed by atoms with Crippen LogP contribution in [0.2, 0.25) is 0 Å². The molecule has 0 saturated heterocycles. The van der Waals surface area contributed by atoms with Gasteiger partial charge in [0.1, 0.15) is 0 Å². The molecule has 1 atom stereocenters. The van der Waals surface area contributed by atoms with Crippen LogP contribution in [-0.2, 0) is 12.1 Å². The van der Waals surface area contributed by atoms with Crippen molar-refractivity contribution >= 4 is 0 Å². The molecule has 0 saturated carbocycles. The molecule has 0 heterocycles. The van der Waals surface area contributed by atoms with Crippen molar-refractivity contribution in [2.24, 2.45) is 0 Å². The Morgan fingerprint density at radius 3 is 2.47 bits per heavy atom. The summed E-state index contributed by atoms with van der Waals surface area (Å²) in [6.45, 7) is 5.23. The summed E-state index contributed by atoms with van der Waals surface area (Å²) in [4.78, 5) is 0. The van der Waals surface area contributed by atoms with Crippen LogP contribution >= 0.6 is 0 Å². The summed E-state index contributed by atoms with van der Waals surface area (Å²) in [7, 11) is 0. The predicted molar refractivity (Wildman–Crippen MR) is 78.9 cm³/mol. The molecule has 0 aliphatic rings. The Bertz CT molecular complexity index is 520. The lowest BCUT2D eigenvalue weighted by molar-refractivity contribution is 0.0567. The molecule has 0 radical (unpaired) electrons. The Kier molecular flexibility index (Phi) is 4.35. The van der Waals surface area contributed by atoms with Gasteiger partial charge in [-0.1, -0.05) is 60.2 Å². The van der Waals surface area contributed by atoms with E-state index in [1.54, 1.807) is 0 Å². The smallest absolute Gasteiger partial charge is 0.0992 e. The van der Waals surface area contributed by atoms with Gasteiger partial charge in [0, 0.05) is 13.1 Å². The summed E-state index contributed by atoms with van der Waals surface area (Å²) >= 11 is 0. The maximum atomic E-state index is 10.5. The Hall–Kier alpha value is -1.64. The third-order valence-corrected chi connectivity index (χ3v) is 3.28. The highest BCUT2D eigenvalue weighted by molar-refractivity contribution is 5.23. The fourth-order valence-corrected chi connectivity index (χ4v) is 2.17. The maximum Gasteiger partial charge on any atom is 0.0992 e. The van der Waals surface area contributed by atoms with Crippen LogP contribution in [0.1, 0.15) is 23.6 Å². The molecular weight excluding hydrogens is 234 g/mol. The Balaban J connectivity index is 1.92. The minimum Gasteiger partial charge on any atom is -0.384 e. The van der Waals surface area contributed by atoms with Gasteiger partial charge in [-0.3, -0.25) is 0 Å². The zero-order valence-electron chi connectivity index (χ0n) is 11.6. The molecular formula is C17H21NO. The third-order valence-electron chi connectivity index (χ3n) is 3.28. The van der Waals surface area contributed by atoms with Crippen molar-refractivity contribution in [3.05, 3.63) is 71.3 Å². The van der Waals surface area contributed by atoms with Gasteiger partial charge in [-0.15, -0.1) is 0 Å². The predicted octanol–water partition coefficient (Wildman–Crippen LogP) is 2.99. The largest absolute Gasteiger partial charge is 0.384 e. The number of nitrogens with one attached hydrogen (secondary N) is 1. The van der Waals surface area contributed by atoms with Crippen molar-refractivity contribution in [3.63, 3.8) is 0 Å². The van der Waals surface area contributed by atoms with E-state index in [9.17, 15) is 5.11 Å². The van der Waals surface area contributed by atoms with E-state index in [2.05, 4.69) is 36.5 Å². The van der Waals surface area contributed by atoms with Crippen molar-refractivity contribution in [1.82, 2.24) is 5.32 Å². The van der Waals surface area contributed by atoms with Crippen molar-refractivity contribution in [2.75, 3.05) is 6.54 Å². The van der Waals surface area contributed by atoms with Crippen LogP contribution in [0, 0.1) is 6.92 Å². The van der Waals surface area contributed by atoms with Gasteiger partial charge in [-0.2, -0.15) is 0 Å². The summed E-state index contributed by atoms with van der Waals surface area (Å²) < 4.78 is 0. The lowest BCUT2D eigenvalue weighted by Crippen LogP contribution is -2.35. The van der Waals surface area contributed by atoms with Gasteiger partial charge in [0.2, 0.25) is 0 Å². The van der Waals surface area contributed by atoms with Crippen LogP contribution in [0.5, 0.6) is 0 Å². The van der Waals surface area contributed by atoms with Crippen molar-refractivity contribution in [2.45, 2.75) is 26.0 Å². The molecule has 19 heavy (non-hydrogen) atoms. The zero-order chi connectivity index (χ0) is 13.7. The third kappa shape index (κ3) is 3.91. The topological polar surface area (TPSA) is 32.3 Å². The standard InChI is InChI=1S/C17H21NO/c1-14-7-6-8-15(11-14)12-18-13-17(2,19)16-9-4-3-5-10-16/h3-11,18-19H,12-13H2,1-2H3/t17-/m0/s1. The number of rotatable bonds is 5. The Morgan fingerprint density at radius 1 is 1.05 bits per heavy atom. The molecule has 2 N–H and O–H groups in total. The van der Waals surface area contributed by atoms with Gasteiger partial charge >= 0.3 is 0 Å². The van der Waals surface area contributed by atoms with E-state index >= 15 is 0 Å². The first kappa shape index (κ1) is 13.8. The van der Waals surface area contributed by atoms with Crippen molar-refractivity contribution in [3.8, 4) is 0 Å². The second-order valence-corrected chi connectivity index (χ2v) is 5.23. The van der Waals surface area contributed by atoms with E-state index in [4.69, 9.17) is 0 Å². The summed E-state index contributed by atoms with van der Waals surface area (Å²) in [5.74, 6) is 0. The molecule has 0 spiro atoms. The van der Waals surface area contributed by atoms with Crippen molar-refractivity contribution < 1.29 is 5.11 Å². The van der Waals surface area contributed by atoms with E-state index in [0.29, 0.717) is 6.54 Å². The molecule has 2 aromatic carbocycles. The second-order valence-electron chi connectivity index (χ2n) is 5.23. The summed E-state index contributed by atoms with van der Waals surface area (Å²) in [6.07, 6.45) is 0. The quantitative estimate of drug-likeness (QED) is 0.861. The van der Waals surface area contributed by atoms with Crippen LogP contribution in [0.15, 0.2) is 54.6 Å². The van der Waals surface area contributed by atoms with Crippen LogP contribution < -0.4 is 5.32 Å². The first-order valence-corrected chi connectivity index (χ1v) is 6.62. The van der Waals surface area contributed by atoms with Gasteiger partial charge in [0.05, 0.1) is 5.60 Å². The van der Waals surface area contributed by atoms with Gasteiger partial charge < -0.3 is 10.4 Å². The summed E-state index contributed by atoms with van der Waals surface area (Å²) in [6, 6.07) is 18.2. The molecule has 2 nitrogen and oxygen atoms in total. The Labute approximate surface area is 115 Å². The molecule has 0 fully saturated rings. The van der Waals surface area contributed by atoms with Gasteiger partial charge in [-0.25, -0.2) is 0 Å². The number of benzene rings is 2.